The Morgan fingerprint density at radius 3 is 2.12 bits per heavy atom. The number of hydrogen-bond donors (Lipinski definition) is 4. The molecule has 0 aromatic heterocycles. The largest absolute Gasteiger partial charge is 0.394 e. The average Bonchev–Trinajstić information content (AvgIpc) is 2.24. The van der Waals surface area contributed by atoms with Crippen molar-refractivity contribution >= 4 is 0 Å². The summed E-state index contributed by atoms with van der Waals surface area (Å²) in [7, 11) is 0. The molecule has 0 bridgehead atoms. The molecule has 6 heteroatoms. The molecule has 102 valence electrons. The van der Waals surface area contributed by atoms with Gasteiger partial charge in [0, 0.05) is 0 Å². The Labute approximate surface area is 101 Å². The number of hydrogen-bond acceptors (Lipinski definition) is 6. The zero-order chi connectivity index (χ0) is 13.2. The van der Waals surface area contributed by atoms with Gasteiger partial charge in [-0.2, -0.15) is 0 Å². The molecule has 1 heterocycles. The molecule has 3 unspecified atom stereocenters. The maximum absolute atomic E-state index is 9.68. The highest BCUT2D eigenvalue weighted by Crippen LogP contribution is 2.24. The van der Waals surface area contributed by atoms with Gasteiger partial charge < -0.3 is 29.9 Å². The molecular weight excluding hydrogens is 228 g/mol. The zero-order valence-corrected chi connectivity index (χ0v) is 10.4. The third kappa shape index (κ3) is 3.87. The van der Waals surface area contributed by atoms with Crippen molar-refractivity contribution in [3.05, 3.63) is 0 Å². The van der Waals surface area contributed by atoms with Crippen LogP contribution in [0, 0.1) is 5.41 Å². The summed E-state index contributed by atoms with van der Waals surface area (Å²) in [5, 5.41) is 37.7. The minimum atomic E-state index is -1.38. The van der Waals surface area contributed by atoms with Gasteiger partial charge in [0.25, 0.3) is 0 Å². The van der Waals surface area contributed by atoms with E-state index in [4.69, 9.17) is 14.6 Å². The average molecular weight is 250 g/mol. The Bertz CT molecular complexity index is 237. The molecule has 0 radical (unpaired) electrons. The molecule has 17 heavy (non-hydrogen) atoms. The summed E-state index contributed by atoms with van der Waals surface area (Å²) in [6.45, 7) is 5.75. The lowest BCUT2D eigenvalue weighted by Crippen LogP contribution is -2.59. The molecule has 0 aromatic carbocycles. The molecule has 4 N–H and O–H groups in total. The molecule has 1 rings (SSSR count). The first-order chi connectivity index (χ1) is 7.76. The lowest BCUT2D eigenvalue weighted by molar-refractivity contribution is -0.305. The molecule has 0 aliphatic carbocycles. The van der Waals surface area contributed by atoms with Gasteiger partial charge in [-0.1, -0.05) is 20.8 Å². The van der Waals surface area contributed by atoms with Gasteiger partial charge >= 0.3 is 0 Å². The highest BCUT2D eigenvalue weighted by atomic mass is 16.7. The third-order valence-corrected chi connectivity index (χ3v) is 2.53. The van der Waals surface area contributed by atoms with Crippen LogP contribution in [-0.2, 0) is 9.47 Å². The Balaban J connectivity index is 2.59. The van der Waals surface area contributed by atoms with Gasteiger partial charge in [-0.15, -0.1) is 0 Å². The van der Waals surface area contributed by atoms with E-state index in [2.05, 4.69) is 0 Å². The van der Waals surface area contributed by atoms with Crippen molar-refractivity contribution in [3.8, 4) is 0 Å². The summed E-state index contributed by atoms with van der Waals surface area (Å²) in [5.74, 6) is 0. The Kier molecular flexibility index (Phi) is 4.88. The summed E-state index contributed by atoms with van der Waals surface area (Å²) in [6.07, 6.45) is -6.01. The van der Waals surface area contributed by atoms with Crippen molar-refractivity contribution < 1.29 is 29.9 Å². The van der Waals surface area contributed by atoms with Crippen LogP contribution in [0.1, 0.15) is 20.8 Å². The van der Waals surface area contributed by atoms with Crippen molar-refractivity contribution in [1.29, 1.82) is 0 Å². The number of aliphatic hydroxyl groups is 4. The highest BCUT2D eigenvalue weighted by molar-refractivity contribution is 4.89. The van der Waals surface area contributed by atoms with Gasteiger partial charge in [-0.05, 0) is 5.41 Å². The van der Waals surface area contributed by atoms with Crippen molar-refractivity contribution in [2.45, 2.75) is 51.5 Å². The molecule has 0 amide bonds. The fourth-order valence-electron chi connectivity index (χ4n) is 1.54. The standard InChI is InChI=1S/C11H22O6/c1-11(2,3)5-16-10-9(15)8(14)7(13)6(4-12)17-10/h6-10,12-15H,4-5H2,1-3H3/t6?,7-,8?,9?,10+/m0/s1. The fraction of sp³-hybridized carbons (Fsp3) is 1.00. The second-order valence-electron chi connectivity index (χ2n) is 5.57. The van der Waals surface area contributed by atoms with Crippen molar-refractivity contribution in [1.82, 2.24) is 0 Å². The van der Waals surface area contributed by atoms with Crippen LogP contribution in [0.5, 0.6) is 0 Å². The molecule has 0 aromatic rings. The molecule has 0 saturated carbocycles. The van der Waals surface area contributed by atoms with Gasteiger partial charge in [0.05, 0.1) is 13.2 Å². The van der Waals surface area contributed by atoms with E-state index in [1.165, 1.54) is 0 Å². The molecule has 1 fully saturated rings. The summed E-state index contributed by atoms with van der Waals surface area (Å²) in [4.78, 5) is 0. The van der Waals surface area contributed by atoms with Gasteiger partial charge in [0.2, 0.25) is 0 Å². The van der Waals surface area contributed by atoms with Crippen LogP contribution in [0.3, 0.4) is 0 Å². The number of aliphatic hydroxyl groups excluding tert-OH is 4. The lowest BCUT2D eigenvalue weighted by atomic mass is 9.97. The highest BCUT2D eigenvalue weighted by Gasteiger charge is 2.44. The SMILES string of the molecule is CC(C)(C)CO[C@@H]1OC(CO)[C@H](O)C(O)C1O. The first-order valence-electron chi connectivity index (χ1n) is 5.68. The smallest absolute Gasteiger partial charge is 0.186 e. The van der Waals surface area contributed by atoms with E-state index in [0.29, 0.717) is 6.61 Å². The van der Waals surface area contributed by atoms with E-state index in [1.54, 1.807) is 0 Å². The van der Waals surface area contributed by atoms with Crippen LogP contribution in [0.25, 0.3) is 0 Å². The Morgan fingerprint density at radius 1 is 1.06 bits per heavy atom. The number of rotatable bonds is 3. The fourth-order valence-corrected chi connectivity index (χ4v) is 1.54. The first-order valence-corrected chi connectivity index (χ1v) is 5.68. The first kappa shape index (κ1) is 14.8. The second-order valence-corrected chi connectivity index (χ2v) is 5.57. The molecular formula is C11H22O6. The maximum Gasteiger partial charge on any atom is 0.186 e. The molecule has 1 aliphatic rings. The topological polar surface area (TPSA) is 99.4 Å². The van der Waals surface area contributed by atoms with Crippen LogP contribution in [-0.4, -0.2) is 64.3 Å². The molecule has 0 spiro atoms. The van der Waals surface area contributed by atoms with Gasteiger partial charge in [-0.25, -0.2) is 0 Å². The van der Waals surface area contributed by atoms with E-state index in [0.717, 1.165) is 0 Å². The predicted molar refractivity (Wildman–Crippen MR) is 59.2 cm³/mol. The monoisotopic (exact) mass is 250 g/mol. The molecule has 1 saturated heterocycles. The van der Waals surface area contributed by atoms with Crippen molar-refractivity contribution in [2.75, 3.05) is 13.2 Å². The lowest BCUT2D eigenvalue weighted by Gasteiger charge is -2.40. The maximum atomic E-state index is 9.68. The van der Waals surface area contributed by atoms with E-state index in [-0.39, 0.29) is 5.41 Å². The summed E-state index contributed by atoms with van der Waals surface area (Å²) < 4.78 is 10.5. The summed E-state index contributed by atoms with van der Waals surface area (Å²) in [6, 6.07) is 0. The minimum Gasteiger partial charge on any atom is -0.394 e. The van der Waals surface area contributed by atoms with Crippen LogP contribution < -0.4 is 0 Å². The summed E-state index contributed by atoms with van der Waals surface area (Å²) in [5.41, 5.74) is -0.112. The van der Waals surface area contributed by atoms with Crippen LogP contribution >= 0.6 is 0 Å². The predicted octanol–water partition coefficient (Wildman–Crippen LogP) is -1.15. The normalized spacial score (nSPS) is 39.4. The quantitative estimate of drug-likeness (QED) is 0.505. The van der Waals surface area contributed by atoms with Gasteiger partial charge in [0.1, 0.15) is 24.4 Å². The van der Waals surface area contributed by atoms with E-state index in [1.807, 2.05) is 20.8 Å². The zero-order valence-electron chi connectivity index (χ0n) is 10.4. The van der Waals surface area contributed by atoms with Crippen LogP contribution in [0.4, 0.5) is 0 Å². The minimum absolute atomic E-state index is 0.112. The molecule has 1 aliphatic heterocycles. The van der Waals surface area contributed by atoms with Gasteiger partial charge in [0.15, 0.2) is 6.29 Å². The third-order valence-electron chi connectivity index (χ3n) is 2.53. The van der Waals surface area contributed by atoms with E-state index in [9.17, 15) is 15.3 Å². The molecule has 5 atom stereocenters. The van der Waals surface area contributed by atoms with Crippen LogP contribution in [0.2, 0.25) is 0 Å². The molecule has 6 nitrogen and oxygen atoms in total. The van der Waals surface area contributed by atoms with E-state index < -0.39 is 37.3 Å². The van der Waals surface area contributed by atoms with Crippen molar-refractivity contribution in [2.24, 2.45) is 5.41 Å². The van der Waals surface area contributed by atoms with Crippen molar-refractivity contribution in [3.63, 3.8) is 0 Å². The number of ether oxygens (including phenoxy) is 2. The van der Waals surface area contributed by atoms with E-state index >= 15 is 0 Å². The Morgan fingerprint density at radius 2 is 1.65 bits per heavy atom. The second kappa shape index (κ2) is 5.60. The van der Waals surface area contributed by atoms with Crippen LogP contribution in [0.15, 0.2) is 0 Å². The summed E-state index contributed by atoms with van der Waals surface area (Å²) >= 11 is 0. The Hall–Kier alpha value is -0.240. The van der Waals surface area contributed by atoms with Gasteiger partial charge in [-0.3, -0.25) is 0 Å².